The topological polar surface area (TPSA) is 63.8 Å². The molecule has 0 radical (unpaired) electrons. The van der Waals surface area contributed by atoms with Crippen molar-refractivity contribution >= 4 is 28.2 Å². The van der Waals surface area contributed by atoms with Crippen molar-refractivity contribution in [2.24, 2.45) is 0 Å². The molecule has 24 heavy (non-hydrogen) atoms. The van der Waals surface area contributed by atoms with E-state index in [9.17, 15) is 0 Å². The molecule has 0 spiro atoms. The van der Waals surface area contributed by atoms with E-state index in [1.54, 1.807) is 29.4 Å². The van der Waals surface area contributed by atoms with Gasteiger partial charge in [0.2, 0.25) is 11.0 Å². The molecule has 0 saturated heterocycles. The molecule has 0 atom stereocenters. The quantitative estimate of drug-likeness (QED) is 0.646. The van der Waals surface area contributed by atoms with E-state index < -0.39 is 0 Å². The number of oxazole rings is 1. The first-order valence-electron chi connectivity index (χ1n) is 7.92. The Morgan fingerprint density at radius 2 is 2.17 bits per heavy atom. The van der Waals surface area contributed by atoms with Crippen molar-refractivity contribution in [2.45, 2.75) is 42.8 Å². The summed E-state index contributed by atoms with van der Waals surface area (Å²) >= 11 is 3.24. The van der Waals surface area contributed by atoms with Gasteiger partial charge in [0.25, 0.3) is 0 Å². The van der Waals surface area contributed by atoms with Gasteiger partial charge in [-0.05, 0) is 38.3 Å². The van der Waals surface area contributed by atoms with E-state index in [1.807, 2.05) is 0 Å². The van der Waals surface area contributed by atoms with Gasteiger partial charge in [0.05, 0.1) is 5.69 Å². The third-order valence-electron chi connectivity index (χ3n) is 3.82. The van der Waals surface area contributed by atoms with Crippen LogP contribution < -0.4 is 5.32 Å². The number of aromatic nitrogens is 3. The second-order valence-corrected chi connectivity index (χ2v) is 8.24. The molecule has 0 bridgehead atoms. The Morgan fingerprint density at radius 1 is 1.29 bits per heavy atom. The van der Waals surface area contributed by atoms with Gasteiger partial charge in [-0.3, -0.25) is 0 Å². The molecule has 1 saturated carbocycles. The van der Waals surface area contributed by atoms with E-state index in [0.717, 1.165) is 26.5 Å². The summed E-state index contributed by atoms with van der Waals surface area (Å²) in [7, 11) is 0. The van der Waals surface area contributed by atoms with Gasteiger partial charge < -0.3 is 9.73 Å². The van der Waals surface area contributed by atoms with Crippen molar-refractivity contribution < 1.29 is 4.42 Å². The van der Waals surface area contributed by atoms with Crippen LogP contribution in [0.3, 0.4) is 0 Å². The van der Waals surface area contributed by atoms with Crippen LogP contribution in [-0.2, 0) is 5.75 Å². The molecule has 3 aromatic rings. The third-order valence-corrected chi connectivity index (χ3v) is 5.84. The molecule has 0 amide bonds. The first-order chi connectivity index (χ1) is 11.7. The number of rotatable bonds is 6. The van der Waals surface area contributed by atoms with Gasteiger partial charge in [-0.2, -0.15) is 0 Å². The predicted molar refractivity (Wildman–Crippen MR) is 97.5 cm³/mol. The maximum absolute atomic E-state index is 5.66. The second-order valence-electron chi connectivity index (χ2n) is 6.04. The summed E-state index contributed by atoms with van der Waals surface area (Å²) in [6.45, 7) is 4.17. The first kappa shape index (κ1) is 15.7. The summed E-state index contributed by atoms with van der Waals surface area (Å²) in [5.74, 6) is 1.41. The van der Waals surface area contributed by atoms with Crippen molar-refractivity contribution in [3.8, 4) is 11.5 Å². The monoisotopic (exact) mass is 358 g/mol. The average molecular weight is 358 g/mol. The van der Waals surface area contributed by atoms with Crippen LogP contribution in [0.4, 0.5) is 5.13 Å². The van der Waals surface area contributed by atoms with Crippen LogP contribution in [0.5, 0.6) is 0 Å². The van der Waals surface area contributed by atoms with Gasteiger partial charge >= 0.3 is 0 Å². The summed E-state index contributed by atoms with van der Waals surface area (Å²) in [6, 6.07) is 6.89. The van der Waals surface area contributed by atoms with E-state index >= 15 is 0 Å². The van der Waals surface area contributed by atoms with Crippen molar-refractivity contribution in [1.82, 2.24) is 15.2 Å². The predicted octanol–water partition coefficient (Wildman–Crippen LogP) is 4.68. The third kappa shape index (κ3) is 3.62. The molecule has 7 heteroatoms. The van der Waals surface area contributed by atoms with Crippen molar-refractivity contribution in [3.63, 3.8) is 0 Å². The van der Waals surface area contributed by atoms with Crippen LogP contribution in [-0.4, -0.2) is 21.2 Å². The average Bonchev–Trinajstić information content (AvgIpc) is 3.06. The Labute approximate surface area is 148 Å². The number of hydrogen-bond donors (Lipinski definition) is 1. The Kier molecular flexibility index (Phi) is 4.28. The normalized spacial score (nSPS) is 14.1. The fourth-order valence-electron chi connectivity index (χ4n) is 2.41. The van der Waals surface area contributed by atoms with E-state index in [1.165, 1.54) is 24.0 Å². The highest BCUT2D eigenvalue weighted by Gasteiger charge is 2.22. The lowest BCUT2D eigenvalue weighted by Gasteiger charge is -2.02. The van der Waals surface area contributed by atoms with Gasteiger partial charge in [-0.25, -0.2) is 4.98 Å². The molecule has 5 nitrogen and oxygen atoms in total. The van der Waals surface area contributed by atoms with Crippen LogP contribution in [0.25, 0.3) is 11.5 Å². The standard InChI is InChI=1S/C17H18N4OS2/c1-10-3-6-14(11(2)7-10)15-18-13(8-22-15)9-23-17-21-20-16(24-17)19-12-4-5-12/h3,6-8,12H,4-5,9H2,1-2H3,(H,19,20). The van der Waals surface area contributed by atoms with E-state index in [2.05, 4.69) is 52.5 Å². The minimum atomic E-state index is 0.603. The van der Waals surface area contributed by atoms with Gasteiger partial charge in [-0.1, -0.05) is 40.8 Å². The number of thioether (sulfide) groups is 1. The Morgan fingerprint density at radius 3 is 2.96 bits per heavy atom. The molecule has 2 heterocycles. The number of aryl methyl sites for hydroxylation is 2. The SMILES string of the molecule is Cc1ccc(-c2nc(CSc3nnc(NC4CC4)s3)co2)c(C)c1. The molecule has 124 valence electrons. The zero-order chi connectivity index (χ0) is 16.5. The highest BCUT2D eigenvalue weighted by atomic mass is 32.2. The highest BCUT2D eigenvalue weighted by Crippen LogP contribution is 2.32. The molecule has 2 aromatic heterocycles. The van der Waals surface area contributed by atoms with Gasteiger partial charge in [-0.15, -0.1) is 10.2 Å². The van der Waals surface area contributed by atoms with Crippen molar-refractivity contribution in [3.05, 3.63) is 41.3 Å². The summed E-state index contributed by atoms with van der Waals surface area (Å²) < 4.78 is 6.61. The maximum atomic E-state index is 5.66. The minimum Gasteiger partial charge on any atom is -0.444 e. The molecular formula is C17H18N4OS2. The lowest BCUT2D eigenvalue weighted by Crippen LogP contribution is -1.99. The van der Waals surface area contributed by atoms with Gasteiger partial charge in [0.1, 0.15) is 6.26 Å². The lowest BCUT2D eigenvalue weighted by molar-refractivity contribution is 0.573. The van der Waals surface area contributed by atoms with Gasteiger partial charge in [0.15, 0.2) is 4.34 Å². The summed E-state index contributed by atoms with van der Waals surface area (Å²) in [4.78, 5) is 4.60. The fourth-order valence-corrected chi connectivity index (χ4v) is 4.12. The van der Waals surface area contributed by atoms with Crippen LogP contribution in [0.2, 0.25) is 0 Å². The largest absolute Gasteiger partial charge is 0.444 e. The van der Waals surface area contributed by atoms with Crippen LogP contribution >= 0.6 is 23.1 Å². The number of hydrogen-bond acceptors (Lipinski definition) is 7. The molecule has 1 fully saturated rings. The number of nitrogens with zero attached hydrogens (tertiary/aromatic N) is 3. The molecule has 0 aliphatic heterocycles. The maximum Gasteiger partial charge on any atom is 0.226 e. The van der Waals surface area contributed by atoms with E-state index in [-0.39, 0.29) is 0 Å². The molecule has 4 rings (SSSR count). The smallest absolute Gasteiger partial charge is 0.226 e. The zero-order valence-electron chi connectivity index (χ0n) is 13.6. The van der Waals surface area contributed by atoms with Crippen LogP contribution in [0.15, 0.2) is 33.2 Å². The fraction of sp³-hybridized carbons (Fsp3) is 0.353. The molecule has 1 aliphatic rings. The molecule has 1 N–H and O–H groups in total. The van der Waals surface area contributed by atoms with E-state index in [4.69, 9.17) is 4.42 Å². The molecule has 0 unspecified atom stereocenters. The van der Waals surface area contributed by atoms with Crippen molar-refractivity contribution in [2.75, 3.05) is 5.32 Å². The number of nitrogens with one attached hydrogen (secondary N) is 1. The zero-order valence-corrected chi connectivity index (χ0v) is 15.2. The summed E-state index contributed by atoms with van der Waals surface area (Å²) in [5, 5.41) is 12.7. The minimum absolute atomic E-state index is 0.603. The van der Waals surface area contributed by atoms with Crippen molar-refractivity contribution in [1.29, 1.82) is 0 Å². The summed E-state index contributed by atoms with van der Waals surface area (Å²) in [5.41, 5.74) is 4.38. The Hall–Kier alpha value is -1.86. The highest BCUT2D eigenvalue weighted by molar-refractivity contribution is 8.00. The molecule has 1 aliphatic carbocycles. The van der Waals surface area contributed by atoms with Crippen LogP contribution in [0, 0.1) is 13.8 Å². The Balaban J connectivity index is 1.40. The van der Waals surface area contributed by atoms with E-state index in [0.29, 0.717) is 11.9 Å². The summed E-state index contributed by atoms with van der Waals surface area (Å²) in [6.07, 6.45) is 4.20. The number of benzene rings is 1. The lowest BCUT2D eigenvalue weighted by atomic mass is 10.1. The second kappa shape index (κ2) is 6.57. The Bertz CT molecular complexity index is 854. The molecule has 1 aromatic carbocycles. The van der Waals surface area contributed by atoms with Gasteiger partial charge in [0, 0.05) is 17.4 Å². The van der Waals surface area contributed by atoms with Crippen LogP contribution in [0.1, 0.15) is 29.7 Å². The molecular weight excluding hydrogens is 340 g/mol. The number of anilines is 1. The first-order valence-corrected chi connectivity index (χ1v) is 9.72.